The first-order valence-corrected chi connectivity index (χ1v) is 8.34. The van der Waals surface area contributed by atoms with Gasteiger partial charge in [-0.05, 0) is 25.0 Å². The van der Waals surface area contributed by atoms with Crippen molar-refractivity contribution in [1.82, 2.24) is 9.97 Å². The summed E-state index contributed by atoms with van der Waals surface area (Å²) in [6, 6.07) is 7.36. The van der Waals surface area contributed by atoms with E-state index in [1.54, 1.807) is 31.4 Å². The largest absolute Gasteiger partial charge is 0.497 e. The Morgan fingerprint density at radius 3 is 2.68 bits per heavy atom. The molecule has 1 heterocycles. The standard InChI is InChI=1S/C17H21N5O3/c1-25-14-9-5-8-13(10-14)21-17-15(22(23)24)16(18-11-19-17)20-12-6-3-2-4-7-12/h5,8-12H,2-4,6-7H2,1H3,(H2,18,19,20,21). The van der Waals surface area contributed by atoms with Gasteiger partial charge in [0.15, 0.2) is 0 Å². The molecule has 1 aliphatic rings. The summed E-state index contributed by atoms with van der Waals surface area (Å²) in [6.07, 6.45) is 6.81. The molecule has 0 aliphatic heterocycles. The first-order valence-electron chi connectivity index (χ1n) is 8.34. The maximum absolute atomic E-state index is 11.6. The highest BCUT2D eigenvalue weighted by molar-refractivity contribution is 5.74. The van der Waals surface area contributed by atoms with Crippen molar-refractivity contribution in [3.8, 4) is 5.75 Å². The first kappa shape index (κ1) is 16.9. The molecule has 1 saturated carbocycles. The minimum Gasteiger partial charge on any atom is -0.497 e. The van der Waals surface area contributed by atoms with E-state index >= 15 is 0 Å². The first-order chi connectivity index (χ1) is 12.2. The number of nitrogens with zero attached hydrogens (tertiary/aromatic N) is 3. The molecule has 3 rings (SSSR count). The molecule has 132 valence electrons. The highest BCUT2D eigenvalue weighted by Gasteiger charge is 2.25. The van der Waals surface area contributed by atoms with E-state index in [1.807, 2.05) is 0 Å². The fraction of sp³-hybridized carbons (Fsp3) is 0.412. The van der Waals surface area contributed by atoms with Crippen LogP contribution in [0.25, 0.3) is 0 Å². The highest BCUT2D eigenvalue weighted by Crippen LogP contribution is 2.33. The maximum atomic E-state index is 11.6. The fourth-order valence-corrected chi connectivity index (χ4v) is 3.03. The summed E-state index contributed by atoms with van der Waals surface area (Å²) in [4.78, 5) is 19.3. The third kappa shape index (κ3) is 4.14. The molecule has 2 N–H and O–H groups in total. The van der Waals surface area contributed by atoms with Crippen molar-refractivity contribution in [2.45, 2.75) is 38.1 Å². The van der Waals surface area contributed by atoms with Crippen LogP contribution >= 0.6 is 0 Å². The van der Waals surface area contributed by atoms with Gasteiger partial charge in [0.2, 0.25) is 11.6 Å². The zero-order valence-electron chi connectivity index (χ0n) is 14.1. The molecule has 8 heteroatoms. The van der Waals surface area contributed by atoms with Crippen LogP contribution in [0.1, 0.15) is 32.1 Å². The highest BCUT2D eigenvalue weighted by atomic mass is 16.6. The molecule has 0 bridgehead atoms. The second-order valence-electron chi connectivity index (χ2n) is 6.01. The quantitative estimate of drug-likeness (QED) is 0.606. The van der Waals surface area contributed by atoms with Gasteiger partial charge in [-0.25, -0.2) is 9.97 Å². The number of hydrogen-bond donors (Lipinski definition) is 2. The number of nitro groups is 1. The molecule has 0 spiro atoms. The van der Waals surface area contributed by atoms with Gasteiger partial charge in [0.1, 0.15) is 12.1 Å². The maximum Gasteiger partial charge on any atom is 0.353 e. The van der Waals surface area contributed by atoms with Gasteiger partial charge in [-0.3, -0.25) is 10.1 Å². The van der Waals surface area contributed by atoms with Crippen LogP contribution in [0.5, 0.6) is 5.75 Å². The van der Waals surface area contributed by atoms with Crippen LogP contribution in [0.3, 0.4) is 0 Å². The summed E-state index contributed by atoms with van der Waals surface area (Å²) in [5.41, 5.74) is 0.514. The van der Waals surface area contributed by atoms with Gasteiger partial charge in [-0.1, -0.05) is 25.3 Å². The topological polar surface area (TPSA) is 102 Å². The third-order valence-electron chi connectivity index (χ3n) is 4.28. The molecule has 1 aromatic carbocycles. The van der Waals surface area contributed by atoms with E-state index in [2.05, 4.69) is 20.6 Å². The minimum absolute atomic E-state index is 0.143. The van der Waals surface area contributed by atoms with E-state index in [0.717, 1.165) is 25.7 Å². The lowest BCUT2D eigenvalue weighted by molar-refractivity contribution is -0.383. The molecule has 25 heavy (non-hydrogen) atoms. The Morgan fingerprint density at radius 2 is 1.96 bits per heavy atom. The average molecular weight is 343 g/mol. The third-order valence-corrected chi connectivity index (χ3v) is 4.28. The number of aromatic nitrogens is 2. The molecule has 0 unspecified atom stereocenters. The molecular formula is C17H21N5O3. The van der Waals surface area contributed by atoms with Gasteiger partial charge >= 0.3 is 5.69 Å². The van der Waals surface area contributed by atoms with Crippen molar-refractivity contribution in [2.24, 2.45) is 0 Å². The van der Waals surface area contributed by atoms with E-state index < -0.39 is 4.92 Å². The summed E-state index contributed by atoms with van der Waals surface area (Å²) in [7, 11) is 1.57. The Kier molecular flexibility index (Phi) is 5.27. The molecule has 2 aromatic rings. The molecule has 0 amide bonds. The van der Waals surface area contributed by atoms with Crippen molar-refractivity contribution in [1.29, 1.82) is 0 Å². The number of benzene rings is 1. The van der Waals surface area contributed by atoms with Crippen molar-refractivity contribution >= 4 is 23.0 Å². The zero-order valence-corrected chi connectivity index (χ0v) is 14.1. The van der Waals surface area contributed by atoms with E-state index in [0.29, 0.717) is 11.4 Å². The summed E-state index contributed by atoms with van der Waals surface area (Å²) in [5, 5.41) is 17.8. The predicted octanol–water partition coefficient (Wildman–Crippen LogP) is 3.88. The Bertz CT molecular complexity index is 747. The van der Waals surface area contributed by atoms with Crippen LogP contribution in [0, 0.1) is 10.1 Å². The second-order valence-corrected chi connectivity index (χ2v) is 6.01. The van der Waals surface area contributed by atoms with E-state index in [4.69, 9.17) is 4.74 Å². The Labute approximate surface area is 145 Å². The van der Waals surface area contributed by atoms with Crippen LogP contribution in [0.15, 0.2) is 30.6 Å². The summed E-state index contributed by atoms with van der Waals surface area (Å²) < 4.78 is 5.18. The Morgan fingerprint density at radius 1 is 1.20 bits per heavy atom. The van der Waals surface area contributed by atoms with Crippen LogP contribution in [0.4, 0.5) is 23.0 Å². The van der Waals surface area contributed by atoms with Crippen LogP contribution in [0.2, 0.25) is 0 Å². The van der Waals surface area contributed by atoms with E-state index in [-0.39, 0.29) is 23.4 Å². The molecular weight excluding hydrogens is 322 g/mol. The molecule has 1 fully saturated rings. The molecule has 0 atom stereocenters. The van der Waals surface area contributed by atoms with Crippen molar-refractivity contribution in [3.63, 3.8) is 0 Å². The van der Waals surface area contributed by atoms with Gasteiger partial charge in [-0.2, -0.15) is 0 Å². The number of ether oxygens (including phenoxy) is 1. The van der Waals surface area contributed by atoms with Crippen molar-refractivity contribution < 1.29 is 9.66 Å². The molecule has 0 radical (unpaired) electrons. The number of nitrogens with one attached hydrogen (secondary N) is 2. The van der Waals surface area contributed by atoms with Crippen molar-refractivity contribution in [2.75, 3.05) is 17.7 Å². The summed E-state index contributed by atoms with van der Waals surface area (Å²) >= 11 is 0. The lowest BCUT2D eigenvalue weighted by atomic mass is 9.95. The number of anilines is 3. The number of methoxy groups -OCH3 is 1. The van der Waals surface area contributed by atoms with Gasteiger partial charge in [-0.15, -0.1) is 0 Å². The molecule has 1 aliphatic carbocycles. The van der Waals surface area contributed by atoms with Crippen molar-refractivity contribution in [3.05, 3.63) is 40.7 Å². The Hall–Kier alpha value is -2.90. The Balaban J connectivity index is 1.87. The monoisotopic (exact) mass is 343 g/mol. The smallest absolute Gasteiger partial charge is 0.353 e. The predicted molar refractivity (Wildman–Crippen MR) is 95.5 cm³/mol. The second kappa shape index (κ2) is 7.78. The normalized spacial score (nSPS) is 14.8. The van der Waals surface area contributed by atoms with Crippen LogP contribution in [-0.4, -0.2) is 28.0 Å². The fourth-order valence-electron chi connectivity index (χ4n) is 3.03. The van der Waals surface area contributed by atoms with E-state index in [1.165, 1.54) is 12.7 Å². The number of rotatable bonds is 6. The molecule has 1 aromatic heterocycles. The van der Waals surface area contributed by atoms with Gasteiger partial charge < -0.3 is 15.4 Å². The minimum atomic E-state index is -0.451. The van der Waals surface area contributed by atoms with Crippen LogP contribution < -0.4 is 15.4 Å². The van der Waals surface area contributed by atoms with Crippen LogP contribution in [-0.2, 0) is 0 Å². The lowest BCUT2D eigenvalue weighted by Crippen LogP contribution is -2.23. The van der Waals surface area contributed by atoms with Gasteiger partial charge in [0, 0.05) is 17.8 Å². The molecule has 0 saturated heterocycles. The molecule has 8 nitrogen and oxygen atoms in total. The lowest BCUT2D eigenvalue weighted by Gasteiger charge is -2.23. The zero-order chi connectivity index (χ0) is 17.6. The van der Waals surface area contributed by atoms with E-state index in [9.17, 15) is 10.1 Å². The van der Waals surface area contributed by atoms with Gasteiger partial charge in [0.25, 0.3) is 0 Å². The van der Waals surface area contributed by atoms with Gasteiger partial charge in [0.05, 0.1) is 12.0 Å². The SMILES string of the molecule is COc1cccc(Nc2ncnc(NC3CCCCC3)c2[N+](=O)[O-])c1. The average Bonchev–Trinajstić information content (AvgIpc) is 2.62. The summed E-state index contributed by atoms with van der Waals surface area (Å²) in [5.74, 6) is 1.08. The number of hydrogen-bond acceptors (Lipinski definition) is 7. The summed E-state index contributed by atoms with van der Waals surface area (Å²) in [6.45, 7) is 0.